The third kappa shape index (κ3) is 2.07. The number of ether oxygens (including phenoxy) is 1. The molecule has 0 saturated carbocycles. The summed E-state index contributed by atoms with van der Waals surface area (Å²) in [4.78, 5) is 0. The number of hydrogen-bond donors (Lipinski definition) is 0. The van der Waals surface area contributed by atoms with Crippen molar-refractivity contribution in [2.45, 2.75) is 26.5 Å². The molecule has 1 aliphatic rings. The quantitative estimate of drug-likeness (QED) is 0.738. The third-order valence-corrected chi connectivity index (χ3v) is 4.25. The zero-order chi connectivity index (χ0) is 14.9. The smallest absolute Gasteiger partial charge is 0.122 e. The average Bonchev–Trinajstić information content (AvgIpc) is 3.17. The van der Waals surface area contributed by atoms with Crippen molar-refractivity contribution in [2.75, 3.05) is 6.61 Å². The van der Waals surface area contributed by atoms with Gasteiger partial charge in [0.15, 0.2) is 0 Å². The van der Waals surface area contributed by atoms with Crippen molar-refractivity contribution in [3.63, 3.8) is 0 Å². The number of hydrogen-bond acceptors (Lipinski definition) is 2. The van der Waals surface area contributed by atoms with Gasteiger partial charge in [-0.05, 0) is 43.5 Å². The summed E-state index contributed by atoms with van der Waals surface area (Å²) in [6.45, 7) is 3.39. The maximum atomic E-state index is 5.57. The highest BCUT2D eigenvalue weighted by Crippen LogP contribution is 2.35. The Balaban J connectivity index is 1.81. The van der Waals surface area contributed by atoms with E-state index >= 15 is 0 Å². The van der Waals surface area contributed by atoms with Crippen LogP contribution in [0.25, 0.3) is 16.9 Å². The second-order valence-electron chi connectivity index (χ2n) is 5.53. The van der Waals surface area contributed by atoms with Crippen LogP contribution in [0.3, 0.4) is 0 Å². The molecule has 22 heavy (non-hydrogen) atoms. The average molecular weight is 293 g/mol. The molecule has 0 atom stereocenters. The summed E-state index contributed by atoms with van der Waals surface area (Å²) in [5.41, 5.74) is 6.28. The zero-order valence-corrected chi connectivity index (χ0v) is 12.7. The largest absolute Gasteiger partial charge is 0.361 e. The van der Waals surface area contributed by atoms with Crippen LogP contribution in [0.2, 0.25) is 0 Å². The Morgan fingerprint density at radius 3 is 2.82 bits per heavy atom. The molecule has 1 aromatic carbocycles. The molecule has 3 aromatic rings. The first kappa shape index (κ1) is 13.3. The summed E-state index contributed by atoms with van der Waals surface area (Å²) in [6.07, 6.45) is 6.21. The first-order chi connectivity index (χ1) is 10.9. The Bertz CT molecular complexity index is 786. The van der Waals surface area contributed by atoms with Crippen molar-refractivity contribution < 1.29 is 4.74 Å². The molecular formula is C18H19N3O. The van der Waals surface area contributed by atoms with Crippen molar-refractivity contribution in [3.05, 3.63) is 60.0 Å². The summed E-state index contributed by atoms with van der Waals surface area (Å²) in [5, 5.41) is 4.61. The van der Waals surface area contributed by atoms with Crippen LogP contribution in [0.1, 0.15) is 18.2 Å². The molecule has 1 aliphatic carbocycles. The minimum Gasteiger partial charge on any atom is -0.361 e. The molecule has 4 nitrogen and oxygen atoms in total. The van der Waals surface area contributed by atoms with E-state index in [1.54, 1.807) is 0 Å². The lowest BCUT2D eigenvalue weighted by Gasteiger charge is -2.18. The van der Waals surface area contributed by atoms with Crippen molar-refractivity contribution >= 4 is 0 Å². The van der Waals surface area contributed by atoms with Gasteiger partial charge in [0.1, 0.15) is 6.73 Å². The summed E-state index contributed by atoms with van der Waals surface area (Å²) in [7, 11) is 0. The summed E-state index contributed by atoms with van der Waals surface area (Å²) in [6, 6.07) is 12.5. The van der Waals surface area contributed by atoms with Crippen molar-refractivity contribution in [1.82, 2.24) is 14.3 Å². The first-order valence-corrected chi connectivity index (χ1v) is 7.77. The monoisotopic (exact) mass is 293 g/mol. The second-order valence-corrected chi connectivity index (χ2v) is 5.53. The predicted octanol–water partition coefficient (Wildman–Crippen LogP) is 3.43. The molecular weight excluding hydrogens is 274 g/mol. The van der Waals surface area contributed by atoms with E-state index in [1.165, 1.54) is 22.5 Å². The van der Waals surface area contributed by atoms with Gasteiger partial charge in [-0.2, -0.15) is 5.10 Å². The molecule has 0 radical (unpaired) electrons. The van der Waals surface area contributed by atoms with Crippen LogP contribution in [0, 0.1) is 0 Å². The van der Waals surface area contributed by atoms with Crippen LogP contribution in [-0.4, -0.2) is 21.0 Å². The van der Waals surface area contributed by atoms with Crippen molar-refractivity contribution in [3.8, 4) is 16.9 Å². The van der Waals surface area contributed by atoms with Gasteiger partial charge in [0, 0.05) is 24.1 Å². The highest BCUT2D eigenvalue weighted by atomic mass is 16.5. The predicted molar refractivity (Wildman–Crippen MR) is 86.0 cm³/mol. The van der Waals surface area contributed by atoms with Crippen molar-refractivity contribution in [2.24, 2.45) is 0 Å². The highest BCUT2D eigenvalue weighted by Gasteiger charge is 2.24. The van der Waals surface area contributed by atoms with Crippen molar-refractivity contribution in [1.29, 1.82) is 0 Å². The van der Waals surface area contributed by atoms with Gasteiger partial charge in [0.25, 0.3) is 0 Å². The van der Waals surface area contributed by atoms with Gasteiger partial charge < -0.3 is 9.30 Å². The summed E-state index contributed by atoms with van der Waals surface area (Å²) in [5.74, 6) is 0. The number of para-hydroxylation sites is 1. The third-order valence-electron chi connectivity index (χ3n) is 4.25. The molecule has 2 heterocycles. The number of fused-ring (bicyclic) bond motifs is 3. The Morgan fingerprint density at radius 1 is 1.14 bits per heavy atom. The molecule has 4 rings (SSSR count). The van der Waals surface area contributed by atoms with Gasteiger partial charge in [-0.1, -0.05) is 18.2 Å². The van der Waals surface area contributed by atoms with E-state index in [9.17, 15) is 0 Å². The van der Waals surface area contributed by atoms with E-state index in [0.717, 1.165) is 25.1 Å². The Hall–Kier alpha value is -2.33. The van der Waals surface area contributed by atoms with E-state index in [1.807, 2.05) is 31.3 Å². The standard InChI is InChI=1S/C18H19N3O/c1-2-22-13-20-11-10-16-17(20)9-8-14-12-19-21(18(14)16)15-6-4-3-5-7-15/h3-7,10-12H,2,8-9,13H2,1H3. The van der Waals surface area contributed by atoms with Crippen LogP contribution in [-0.2, 0) is 24.3 Å². The molecule has 2 aromatic heterocycles. The fourth-order valence-electron chi connectivity index (χ4n) is 3.18. The molecule has 0 spiro atoms. The number of benzene rings is 1. The number of aryl methyl sites for hydroxylation is 1. The Morgan fingerprint density at radius 2 is 2.00 bits per heavy atom. The lowest BCUT2D eigenvalue weighted by atomic mass is 9.95. The molecule has 0 fully saturated rings. The maximum Gasteiger partial charge on any atom is 0.122 e. The van der Waals surface area contributed by atoms with Gasteiger partial charge in [-0.3, -0.25) is 0 Å². The van der Waals surface area contributed by atoms with Crippen LogP contribution in [0.15, 0.2) is 48.8 Å². The molecule has 112 valence electrons. The highest BCUT2D eigenvalue weighted by molar-refractivity contribution is 5.70. The molecule has 0 unspecified atom stereocenters. The van der Waals surface area contributed by atoms with Gasteiger partial charge in [-0.25, -0.2) is 4.68 Å². The number of nitrogens with zero attached hydrogens (tertiary/aromatic N) is 3. The summed E-state index contributed by atoms with van der Waals surface area (Å²) < 4.78 is 9.84. The van der Waals surface area contributed by atoms with E-state index in [0.29, 0.717) is 6.73 Å². The molecule has 4 heteroatoms. The van der Waals surface area contributed by atoms with Gasteiger partial charge in [-0.15, -0.1) is 0 Å². The SMILES string of the molecule is CCOCn1ccc2c1CCc1cnn(-c3ccccc3)c1-2. The van der Waals surface area contributed by atoms with E-state index in [-0.39, 0.29) is 0 Å². The van der Waals surface area contributed by atoms with Gasteiger partial charge >= 0.3 is 0 Å². The molecule has 0 amide bonds. The summed E-state index contributed by atoms with van der Waals surface area (Å²) >= 11 is 0. The van der Waals surface area contributed by atoms with E-state index in [4.69, 9.17) is 4.74 Å². The Labute approximate surface area is 130 Å². The van der Waals surface area contributed by atoms with Crippen LogP contribution in [0.4, 0.5) is 0 Å². The Kier molecular flexibility index (Phi) is 3.31. The fraction of sp³-hybridized carbons (Fsp3) is 0.278. The van der Waals surface area contributed by atoms with Crippen LogP contribution < -0.4 is 0 Å². The molecule has 0 bridgehead atoms. The lowest BCUT2D eigenvalue weighted by Crippen LogP contribution is -2.11. The zero-order valence-electron chi connectivity index (χ0n) is 12.7. The van der Waals surface area contributed by atoms with E-state index in [2.05, 4.69) is 38.7 Å². The normalized spacial score (nSPS) is 13.0. The van der Waals surface area contributed by atoms with Gasteiger partial charge in [0.2, 0.25) is 0 Å². The topological polar surface area (TPSA) is 32.0 Å². The minimum absolute atomic E-state index is 0.626. The minimum atomic E-state index is 0.626. The van der Waals surface area contributed by atoms with Crippen LogP contribution in [0.5, 0.6) is 0 Å². The lowest BCUT2D eigenvalue weighted by molar-refractivity contribution is 0.0863. The first-order valence-electron chi connectivity index (χ1n) is 7.77. The number of aromatic nitrogens is 3. The molecule has 0 N–H and O–H groups in total. The molecule has 0 saturated heterocycles. The number of rotatable bonds is 4. The fourth-order valence-corrected chi connectivity index (χ4v) is 3.18. The van der Waals surface area contributed by atoms with E-state index < -0.39 is 0 Å². The van der Waals surface area contributed by atoms with Gasteiger partial charge in [0.05, 0.1) is 17.6 Å². The molecule has 0 aliphatic heterocycles. The second kappa shape index (κ2) is 5.46. The van der Waals surface area contributed by atoms with Crippen LogP contribution >= 0.6 is 0 Å². The maximum absolute atomic E-state index is 5.57.